The molecule has 1 amide bonds. The van der Waals surface area contributed by atoms with Crippen LogP contribution in [0.15, 0.2) is 18.2 Å². The predicted octanol–water partition coefficient (Wildman–Crippen LogP) is 3.65. The van der Waals surface area contributed by atoms with Crippen molar-refractivity contribution < 1.29 is 4.79 Å². The van der Waals surface area contributed by atoms with Gasteiger partial charge in [-0.3, -0.25) is 9.69 Å². The van der Waals surface area contributed by atoms with Crippen molar-refractivity contribution >= 4 is 16.8 Å². The lowest BCUT2D eigenvalue weighted by Gasteiger charge is -2.26. The van der Waals surface area contributed by atoms with Crippen LogP contribution in [0.2, 0.25) is 0 Å². The van der Waals surface area contributed by atoms with E-state index in [1.54, 1.807) is 0 Å². The van der Waals surface area contributed by atoms with Gasteiger partial charge in [0.05, 0.1) is 0 Å². The maximum absolute atomic E-state index is 12.7. The molecular weight excluding hydrogens is 310 g/mol. The molecule has 1 saturated heterocycles. The number of carbonyl (C=O) groups is 1. The van der Waals surface area contributed by atoms with Crippen molar-refractivity contribution in [1.82, 2.24) is 15.2 Å². The summed E-state index contributed by atoms with van der Waals surface area (Å²) in [6.45, 7) is 5.32. The smallest absolute Gasteiger partial charge is 0.251 e. The first kappa shape index (κ1) is 16.6. The third-order valence-corrected chi connectivity index (χ3v) is 5.99. The number of rotatable bonds is 5. The van der Waals surface area contributed by atoms with Gasteiger partial charge in [0.15, 0.2) is 0 Å². The van der Waals surface area contributed by atoms with Crippen LogP contribution in [0.5, 0.6) is 0 Å². The fourth-order valence-electron chi connectivity index (χ4n) is 4.50. The minimum atomic E-state index is 0.0605. The lowest BCUT2D eigenvalue weighted by Crippen LogP contribution is -2.42. The second-order valence-electron chi connectivity index (χ2n) is 7.56. The maximum Gasteiger partial charge on any atom is 0.251 e. The highest BCUT2D eigenvalue weighted by atomic mass is 16.1. The van der Waals surface area contributed by atoms with E-state index < -0.39 is 0 Å². The SMILES string of the molecule is CCC(CNC(=O)c1ccc2[nH]c3c(c2c1)CCCC3)N1CCCC1. The monoisotopic (exact) mass is 339 g/mol. The third kappa shape index (κ3) is 3.32. The molecule has 1 aliphatic carbocycles. The van der Waals surface area contributed by atoms with Gasteiger partial charge in [0, 0.05) is 34.7 Å². The third-order valence-electron chi connectivity index (χ3n) is 5.99. The zero-order valence-electron chi connectivity index (χ0n) is 15.2. The van der Waals surface area contributed by atoms with Gasteiger partial charge in [-0.25, -0.2) is 0 Å². The van der Waals surface area contributed by atoms with Crippen molar-refractivity contribution in [2.45, 2.75) is 57.9 Å². The average Bonchev–Trinajstić information content (AvgIpc) is 3.29. The second-order valence-corrected chi connectivity index (χ2v) is 7.56. The minimum Gasteiger partial charge on any atom is -0.358 e. The van der Waals surface area contributed by atoms with Crippen molar-refractivity contribution in [3.8, 4) is 0 Å². The topological polar surface area (TPSA) is 48.1 Å². The first-order chi connectivity index (χ1) is 12.3. The lowest BCUT2D eigenvalue weighted by molar-refractivity contribution is 0.0937. The van der Waals surface area contributed by atoms with Crippen molar-refractivity contribution in [2.24, 2.45) is 0 Å². The number of fused-ring (bicyclic) bond motifs is 3. The molecule has 4 rings (SSSR count). The number of carbonyl (C=O) groups excluding carboxylic acids is 1. The fourth-order valence-corrected chi connectivity index (χ4v) is 4.50. The molecule has 0 bridgehead atoms. The summed E-state index contributed by atoms with van der Waals surface area (Å²) in [7, 11) is 0. The first-order valence-electron chi connectivity index (χ1n) is 9.92. The number of likely N-dealkylation sites (tertiary alicyclic amines) is 1. The Balaban J connectivity index is 1.48. The average molecular weight is 339 g/mol. The van der Waals surface area contributed by atoms with Gasteiger partial charge in [-0.2, -0.15) is 0 Å². The zero-order valence-corrected chi connectivity index (χ0v) is 15.2. The molecule has 2 aliphatic rings. The van der Waals surface area contributed by atoms with Crippen LogP contribution >= 0.6 is 0 Å². The summed E-state index contributed by atoms with van der Waals surface area (Å²) in [5.41, 5.74) is 4.77. The Labute approximate surface area is 150 Å². The van der Waals surface area contributed by atoms with Crippen LogP contribution in [-0.4, -0.2) is 41.5 Å². The quantitative estimate of drug-likeness (QED) is 0.873. The Bertz CT molecular complexity index is 758. The molecule has 25 heavy (non-hydrogen) atoms. The molecule has 134 valence electrons. The van der Waals surface area contributed by atoms with Gasteiger partial charge in [0.2, 0.25) is 0 Å². The number of benzene rings is 1. The summed E-state index contributed by atoms with van der Waals surface area (Å²) in [5.74, 6) is 0.0605. The van der Waals surface area contributed by atoms with Gasteiger partial charge in [-0.15, -0.1) is 0 Å². The number of amides is 1. The number of aromatic nitrogens is 1. The van der Waals surface area contributed by atoms with E-state index in [2.05, 4.69) is 34.3 Å². The molecule has 4 nitrogen and oxygen atoms in total. The molecule has 0 radical (unpaired) electrons. The number of nitrogens with zero attached hydrogens (tertiary/aromatic N) is 1. The zero-order chi connectivity index (χ0) is 17.2. The van der Waals surface area contributed by atoms with Gasteiger partial charge >= 0.3 is 0 Å². The second kappa shape index (κ2) is 7.20. The number of hydrogen-bond donors (Lipinski definition) is 2. The molecule has 1 aromatic heterocycles. The molecule has 4 heteroatoms. The molecule has 1 aromatic carbocycles. The molecule has 1 unspecified atom stereocenters. The standard InChI is InChI=1S/C21H29N3O/c1-2-16(24-11-5-6-12-24)14-22-21(25)15-9-10-20-18(13-15)17-7-3-4-8-19(17)23-20/h9-10,13,16,23H,2-8,11-12,14H2,1H3,(H,22,25). The molecule has 1 atom stereocenters. The van der Waals surface area contributed by atoms with E-state index >= 15 is 0 Å². The highest BCUT2D eigenvalue weighted by Crippen LogP contribution is 2.29. The highest BCUT2D eigenvalue weighted by Gasteiger charge is 2.21. The number of nitrogens with one attached hydrogen (secondary N) is 2. The molecule has 2 N–H and O–H groups in total. The van der Waals surface area contributed by atoms with Gasteiger partial charge in [0.1, 0.15) is 0 Å². The van der Waals surface area contributed by atoms with E-state index in [9.17, 15) is 4.79 Å². The number of aryl methyl sites for hydroxylation is 2. The number of hydrogen-bond acceptors (Lipinski definition) is 2. The predicted molar refractivity (Wildman–Crippen MR) is 102 cm³/mol. The Morgan fingerprint density at radius 3 is 2.80 bits per heavy atom. The van der Waals surface area contributed by atoms with E-state index in [1.807, 2.05) is 6.07 Å². The van der Waals surface area contributed by atoms with Crippen LogP contribution in [0.3, 0.4) is 0 Å². The van der Waals surface area contributed by atoms with E-state index in [-0.39, 0.29) is 5.91 Å². The summed E-state index contributed by atoms with van der Waals surface area (Å²) in [6.07, 6.45) is 8.46. The summed E-state index contributed by atoms with van der Waals surface area (Å²) in [4.78, 5) is 18.7. The fraction of sp³-hybridized carbons (Fsp3) is 0.571. The van der Waals surface area contributed by atoms with E-state index in [0.717, 1.165) is 31.4 Å². The summed E-state index contributed by atoms with van der Waals surface area (Å²) < 4.78 is 0. The molecule has 1 aliphatic heterocycles. The maximum atomic E-state index is 12.7. The van der Waals surface area contributed by atoms with Gasteiger partial charge < -0.3 is 10.3 Å². The Morgan fingerprint density at radius 1 is 1.20 bits per heavy atom. The van der Waals surface area contributed by atoms with E-state index in [4.69, 9.17) is 0 Å². The van der Waals surface area contributed by atoms with Crippen molar-refractivity contribution in [3.05, 3.63) is 35.0 Å². The normalized spacial score (nSPS) is 19.1. The Morgan fingerprint density at radius 2 is 2.00 bits per heavy atom. The largest absolute Gasteiger partial charge is 0.358 e. The molecule has 0 spiro atoms. The van der Waals surface area contributed by atoms with Gasteiger partial charge in [-0.05, 0) is 81.8 Å². The van der Waals surface area contributed by atoms with Crippen molar-refractivity contribution in [3.63, 3.8) is 0 Å². The van der Waals surface area contributed by atoms with Crippen LogP contribution in [-0.2, 0) is 12.8 Å². The van der Waals surface area contributed by atoms with Gasteiger partial charge in [-0.1, -0.05) is 6.92 Å². The molecule has 2 heterocycles. The highest BCUT2D eigenvalue weighted by molar-refractivity contribution is 5.99. The Kier molecular flexibility index (Phi) is 4.80. The van der Waals surface area contributed by atoms with Crippen LogP contribution in [0.25, 0.3) is 10.9 Å². The summed E-state index contributed by atoms with van der Waals surface area (Å²) in [6, 6.07) is 6.58. The first-order valence-corrected chi connectivity index (χ1v) is 9.92. The van der Waals surface area contributed by atoms with E-state index in [1.165, 1.54) is 60.9 Å². The van der Waals surface area contributed by atoms with E-state index in [0.29, 0.717) is 6.04 Å². The summed E-state index contributed by atoms with van der Waals surface area (Å²) >= 11 is 0. The van der Waals surface area contributed by atoms with Crippen molar-refractivity contribution in [2.75, 3.05) is 19.6 Å². The lowest BCUT2D eigenvalue weighted by atomic mass is 9.95. The molecule has 2 aromatic rings. The molecular formula is C21H29N3O. The van der Waals surface area contributed by atoms with Gasteiger partial charge in [0.25, 0.3) is 5.91 Å². The summed E-state index contributed by atoms with van der Waals surface area (Å²) in [5, 5.41) is 4.42. The van der Waals surface area contributed by atoms with Crippen LogP contribution in [0.4, 0.5) is 0 Å². The van der Waals surface area contributed by atoms with Crippen molar-refractivity contribution in [1.29, 1.82) is 0 Å². The number of aromatic amines is 1. The Hall–Kier alpha value is -1.81. The molecule has 0 saturated carbocycles. The van der Waals surface area contributed by atoms with Crippen LogP contribution < -0.4 is 5.32 Å². The van der Waals surface area contributed by atoms with Crippen LogP contribution in [0.1, 0.15) is 60.6 Å². The number of H-pyrrole nitrogens is 1. The minimum absolute atomic E-state index is 0.0605. The molecule has 1 fully saturated rings. The van der Waals surface area contributed by atoms with Crippen LogP contribution in [0, 0.1) is 0 Å².